The third-order valence-corrected chi connectivity index (χ3v) is 6.56. The van der Waals surface area contributed by atoms with Gasteiger partial charge in [-0.2, -0.15) is 0 Å². The maximum absolute atomic E-state index is 11.5. The van der Waals surface area contributed by atoms with Crippen molar-refractivity contribution in [1.82, 2.24) is 14.7 Å². The molecular weight excluding hydrogens is 602 g/mol. The molecule has 3 amide bonds. The molecule has 3 fully saturated rings. The van der Waals surface area contributed by atoms with Gasteiger partial charge in [-0.05, 0) is 0 Å². The number of nitrogens with zero attached hydrogens (tertiary/aromatic N) is 3. The molecule has 3 heterocycles. The van der Waals surface area contributed by atoms with E-state index in [1.807, 2.05) is 41.5 Å². The van der Waals surface area contributed by atoms with Gasteiger partial charge in [-0.25, -0.2) is 0 Å². The Labute approximate surface area is 266 Å². The van der Waals surface area contributed by atoms with Crippen LogP contribution in [0.15, 0.2) is 35.5 Å². The van der Waals surface area contributed by atoms with Crippen molar-refractivity contribution in [3.8, 4) is 0 Å². The van der Waals surface area contributed by atoms with Crippen molar-refractivity contribution in [3.05, 3.63) is 35.5 Å². The minimum Gasteiger partial charge on any atom is -0.512 e. The summed E-state index contributed by atoms with van der Waals surface area (Å²) in [6, 6.07) is 0. The fraction of sp³-hybridized carbons (Fsp3) is 0.700. The van der Waals surface area contributed by atoms with Crippen molar-refractivity contribution in [2.75, 3.05) is 78.9 Å². The zero-order chi connectivity index (χ0) is 31.7. The summed E-state index contributed by atoms with van der Waals surface area (Å²) in [4.78, 5) is 39.7. The molecule has 0 atom stereocenters. The van der Waals surface area contributed by atoms with E-state index in [1.165, 1.54) is 18.2 Å². The maximum atomic E-state index is 11.5. The van der Waals surface area contributed by atoms with Gasteiger partial charge in [-0.15, -0.1) is 0 Å². The molecule has 3 rings (SSSR count). The summed E-state index contributed by atoms with van der Waals surface area (Å²) in [5.74, 6) is 0.0444. The Bertz CT molecular complexity index is 814. The van der Waals surface area contributed by atoms with Crippen LogP contribution >= 0.6 is 0 Å². The molecule has 43 heavy (non-hydrogen) atoms. The number of morpholine rings is 3. The molecule has 0 spiro atoms. The van der Waals surface area contributed by atoms with Crippen LogP contribution in [0.25, 0.3) is 0 Å². The topological polar surface area (TPSA) is 149 Å². The van der Waals surface area contributed by atoms with E-state index in [0.717, 1.165) is 0 Å². The van der Waals surface area contributed by atoms with Gasteiger partial charge in [-0.3, -0.25) is 14.4 Å². The average Bonchev–Trinajstić information content (AvgIpc) is 2.98. The number of hydrogen-bond acceptors (Lipinski definition) is 9. The summed E-state index contributed by atoms with van der Waals surface area (Å²) in [6.07, 6.45) is 3.90. The molecule has 0 aliphatic carbocycles. The zero-order valence-corrected chi connectivity index (χ0v) is 27.5. The summed E-state index contributed by atoms with van der Waals surface area (Å²) >= 11 is 0. The SMILES string of the molecule is CC(C)C(O)=CC(=O)N1CCOCC1.CC(C)C(O)=CC(=O)N1CCOCC1.CC(C)C(O)=CC(=O)N1CCOCC1.[Fe]. The minimum atomic E-state index is -0.125. The zero-order valence-electron chi connectivity index (χ0n) is 26.4. The quantitative estimate of drug-likeness (QED) is 0.224. The largest absolute Gasteiger partial charge is 0.512 e. The van der Waals surface area contributed by atoms with Gasteiger partial charge < -0.3 is 44.2 Å². The van der Waals surface area contributed by atoms with E-state index in [1.54, 1.807) is 14.7 Å². The molecule has 0 aromatic carbocycles. The number of aliphatic hydroxyl groups excluding tert-OH is 3. The number of ether oxygens (including phenoxy) is 3. The Hall–Kier alpha value is -2.57. The van der Waals surface area contributed by atoms with E-state index in [2.05, 4.69) is 0 Å². The molecule has 3 aliphatic heterocycles. The van der Waals surface area contributed by atoms with Crippen LogP contribution in [0.2, 0.25) is 0 Å². The predicted molar refractivity (Wildman–Crippen MR) is 159 cm³/mol. The first kappa shape index (κ1) is 40.4. The molecule has 0 aromatic rings. The number of carbonyl (C=O) groups excluding carboxylic acids is 3. The Kier molecular flexibility index (Phi) is 20.7. The summed E-state index contributed by atoms with van der Waals surface area (Å²) in [6.45, 7) is 18.3. The molecule has 3 N–H and O–H groups in total. The first-order valence-electron chi connectivity index (χ1n) is 14.6. The van der Waals surface area contributed by atoms with Crippen molar-refractivity contribution in [1.29, 1.82) is 0 Å². The van der Waals surface area contributed by atoms with Crippen LogP contribution in [0.1, 0.15) is 41.5 Å². The third kappa shape index (κ3) is 16.7. The van der Waals surface area contributed by atoms with Crippen molar-refractivity contribution in [3.63, 3.8) is 0 Å². The van der Waals surface area contributed by atoms with E-state index in [-0.39, 0.29) is 69.8 Å². The van der Waals surface area contributed by atoms with Gasteiger partial charge in [0.1, 0.15) is 17.3 Å². The second kappa shape index (κ2) is 22.0. The van der Waals surface area contributed by atoms with Gasteiger partial charge in [0.15, 0.2) is 0 Å². The van der Waals surface area contributed by atoms with Crippen LogP contribution in [-0.4, -0.2) is 127 Å². The smallest absolute Gasteiger partial charge is 0.250 e. The number of amides is 3. The van der Waals surface area contributed by atoms with Crippen LogP contribution < -0.4 is 0 Å². The summed E-state index contributed by atoms with van der Waals surface area (Å²) < 4.78 is 15.4. The van der Waals surface area contributed by atoms with Crippen molar-refractivity contribution in [2.45, 2.75) is 41.5 Å². The molecule has 3 aliphatic rings. The summed E-state index contributed by atoms with van der Waals surface area (Å²) in [7, 11) is 0. The van der Waals surface area contributed by atoms with E-state index in [9.17, 15) is 29.7 Å². The Morgan fingerprint density at radius 1 is 0.488 bits per heavy atom. The van der Waals surface area contributed by atoms with E-state index >= 15 is 0 Å². The number of allylic oxidation sites excluding steroid dienone is 3. The number of aliphatic hydroxyl groups is 3. The van der Waals surface area contributed by atoms with Gasteiger partial charge in [-0.1, -0.05) is 41.5 Å². The van der Waals surface area contributed by atoms with Gasteiger partial charge >= 0.3 is 0 Å². The molecule has 13 heteroatoms. The maximum Gasteiger partial charge on any atom is 0.250 e. The normalized spacial score (nSPS) is 18.3. The standard InChI is InChI=1S/3C10H17NO3.Fe/c3*1-8(2)9(12)7-10(13)11-3-5-14-6-4-11;/h3*7-8,12H,3-6H2,1-2H3;. The molecule has 248 valence electrons. The Morgan fingerprint density at radius 3 is 0.837 bits per heavy atom. The van der Waals surface area contributed by atoms with Crippen molar-refractivity contribution in [2.24, 2.45) is 17.8 Å². The van der Waals surface area contributed by atoms with Gasteiger partial charge in [0.25, 0.3) is 0 Å². The van der Waals surface area contributed by atoms with Gasteiger partial charge in [0.2, 0.25) is 17.7 Å². The number of carbonyl (C=O) groups is 3. The van der Waals surface area contributed by atoms with Gasteiger partial charge in [0.05, 0.1) is 39.6 Å². The van der Waals surface area contributed by atoms with Crippen LogP contribution in [0.5, 0.6) is 0 Å². The average molecular weight is 654 g/mol. The minimum absolute atomic E-state index is 0. The predicted octanol–water partition coefficient (Wildman–Crippen LogP) is 2.83. The van der Waals surface area contributed by atoms with Crippen LogP contribution in [0.3, 0.4) is 0 Å². The molecule has 0 unspecified atom stereocenters. The van der Waals surface area contributed by atoms with Crippen molar-refractivity contribution < 1.29 is 61.0 Å². The third-order valence-electron chi connectivity index (χ3n) is 6.56. The molecule has 3 saturated heterocycles. The molecule has 0 radical (unpaired) electrons. The second-order valence-corrected chi connectivity index (χ2v) is 11.0. The summed E-state index contributed by atoms with van der Waals surface area (Å²) in [5, 5.41) is 28.2. The van der Waals surface area contributed by atoms with E-state index in [0.29, 0.717) is 78.9 Å². The molecule has 0 saturated carbocycles. The van der Waals surface area contributed by atoms with Gasteiger partial charge in [0, 0.05) is 92.3 Å². The monoisotopic (exact) mass is 653 g/mol. The van der Waals surface area contributed by atoms with Crippen molar-refractivity contribution >= 4 is 17.7 Å². The fourth-order valence-electron chi connectivity index (χ4n) is 3.50. The molecule has 12 nitrogen and oxygen atoms in total. The Balaban J connectivity index is 0.000000608. The van der Waals surface area contributed by atoms with Crippen LogP contribution in [0, 0.1) is 17.8 Å². The number of rotatable bonds is 6. The van der Waals surface area contributed by atoms with Crippen LogP contribution in [-0.2, 0) is 45.7 Å². The first-order valence-corrected chi connectivity index (χ1v) is 14.6. The molecule has 0 aromatic heterocycles. The van der Waals surface area contributed by atoms with E-state index in [4.69, 9.17) is 14.2 Å². The van der Waals surface area contributed by atoms with E-state index < -0.39 is 0 Å². The van der Waals surface area contributed by atoms with Crippen LogP contribution in [0.4, 0.5) is 0 Å². The molecular formula is C30H51FeN3O9. The molecule has 0 bridgehead atoms. The fourth-order valence-corrected chi connectivity index (χ4v) is 3.50. The number of hydrogen-bond donors (Lipinski definition) is 3. The first-order chi connectivity index (χ1) is 19.8. The summed E-state index contributed by atoms with van der Waals surface area (Å²) in [5.41, 5.74) is 0. The Morgan fingerprint density at radius 2 is 0.674 bits per heavy atom. The second-order valence-electron chi connectivity index (χ2n) is 11.0.